The monoisotopic (exact) mass is 285 g/mol. The number of aromatic carboxylic acids is 1. The van der Waals surface area contributed by atoms with Crippen molar-refractivity contribution in [2.45, 2.75) is 0 Å². The van der Waals surface area contributed by atoms with Crippen LogP contribution in [0.4, 0.5) is 10.5 Å². The van der Waals surface area contributed by atoms with Crippen LogP contribution in [0.5, 0.6) is 0 Å². The minimum atomic E-state index is -1.00. The molecule has 0 radical (unpaired) electrons. The van der Waals surface area contributed by atoms with Gasteiger partial charge in [-0.25, -0.2) is 9.59 Å². The highest BCUT2D eigenvalue weighted by Gasteiger charge is 2.25. The van der Waals surface area contributed by atoms with E-state index in [0.717, 1.165) is 0 Å². The lowest BCUT2D eigenvalue weighted by Crippen LogP contribution is -2.23. The number of hydrogen-bond donors (Lipinski definition) is 1. The molecule has 1 aromatic carbocycles. The number of ether oxygens (including phenoxy) is 1. The number of hydrogen-bond acceptors (Lipinski definition) is 3. The molecule has 1 aromatic rings. The molecular weight excluding hydrogens is 278 g/mol. The summed E-state index contributed by atoms with van der Waals surface area (Å²) < 4.78 is 5.36. The zero-order valence-corrected chi connectivity index (χ0v) is 9.73. The Bertz CT molecular complexity index is 460. The SMILES string of the molecule is O=C(O)c1ccc(N2CCOC2=O)c(Br)c1. The first kappa shape index (κ1) is 10.9. The van der Waals surface area contributed by atoms with Crippen LogP contribution in [0.25, 0.3) is 0 Å². The maximum atomic E-state index is 11.3. The summed E-state index contributed by atoms with van der Waals surface area (Å²) in [6.07, 6.45) is -0.413. The quantitative estimate of drug-likeness (QED) is 0.904. The summed E-state index contributed by atoms with van der Waals surface area (Å²) in [5, 5.41) is 8.79. The van der Waals surface area contributed by atoms with Gasteiger partial charge in [0.1, 0.15) is 6.61 Å². The summed E-state index contributed by atoms with van der Waals surface area (Å²) in [6.45, 7) is 0.829. The van der Waals surface area contributed by atoms with Gasteiger partial charge in [-0.3, -0.25) is 4.90 Å². The molecule has 0 saturated carbocycles. The van der Waals surface area contributed by atoms with Gasteiger partial charge in [0.2, 0.25) is 0 Å². The van der Waals surface area contributed by atoms with Crippen LogP contribution in [-0.4, -0.2) is 30.3 Å². The van der Waals surface area contributed by atoms with Crippen LogP contribution < -0.4 is 4.90 Å². The highest BCUT2D eigenvalue weighted by atomic mass is 79.9. The van der Waals surface area contributed by atoms with E-state index in [-0.39, 0.29) is 5.56 Å². The Morgan fingerprint density at radius 1 is 1.50 bits per heavy atom. The Labute approximate surface area is 99.7 Å². The fourth-order valence-electron chi connectivity index (χ4n) is 1.47. The molecule has 0 aliphatic carbocycles. The van der Waals surface area contributed by atoms with Gasteiger partial charge in [0, 0.05) is 4.47 Å². The molecule has 1 fully saturated rings. The summed E-state index contributed by atoms with van der Waals surface area (Å²) in [4.78, 5) is 23.5. The Hall–Kier alpha value is -1.56. The average Bonchev–Trinajstić information content (AvgIpc) is 2.64. The van der Waals surface area contributed by atoms with Gasteiger partial charge >= 0.3 is 12.1 Å². The number of anilines is 1. The van der Waals surface area contributed by atoms with E-state index < -0.39 is 12.1 Å². The fourth-order valence-corrected chi connectivity index (χ4v) is 2.06. The summed E-state index contributed by atoms with van der Waals surface area (Å²) in [7, 11) is 0. The maximum absolute atomic E-state index is 11.3. The Balaban J connectivity index is 2.36. The fraction of sp³-hybridized carbons (Fsp3) is 0.200. The van der Waals surface area contributed by atoms with E-state index in [9.17, 15) is 9.59 Å². The van der Waals surface area contributed by atoms with Crippen LogP contribution in [0.2, 0.25) is 0 Å². The van der Waals surface area contributed by atoms with E-state index in [2.05, 4.69) is 15.9 Å². The predicted octanol–water partition coefficient (Wildman–Crippen LogP) is 2.10. The number of nitrogens with zero attached hydrogens (tertiary/aromatic N) is 1. The first-order chi connectivity index (χ1) is 7.59. The van der Waals surface area contributed by atoms with Crippen molar-refractivity contribution in [1.29, 1.82) is 0 Å². The van der Waals surface area contributed by atoms with Crippen molar-refractivity contribution >= 4 is 33.7 Å². The minimum absolute atomic E-state index is 0.170. The Kier molecular flexibility index (Phi) is 2.82. The highest BCUT2D eigenvalue weighted by molar-refractivity contribution is 9.10. The third-order valence-electron chi connectivity index (χ3n) is 2.25. The largest absolute Gasteiger partial charge is 0.478 e. The van der Waals surface area contributed by atoms with Gasteiger partial charge in [-0.05, 0) is 34.1 Å². The number of carbonyl (C=O) groups is 2. The van der Waals surface area contributed by atoms with Gasteiger partial charge in [0.05, 0.1) is 17.8 Å². The molecule has 0 atom stereocenters. The van der Waals surface area contributed by atoms with Crippen molar-refractivity contribution in [3.8, 4) is 0 Å². The normalized spacial score (nSPS) is 15.1. The first-order valence-corrected chi connectivity index (χ1v) is 5.36. The molecule has 2 rings (SSSR count). The molecule has 0 spiro atoms. The van der Waals surface area contributed by atoms with Crippen molar-refractivity contribution in [3.63, 3.8) is 0 Å². The van der Waals surface area contributed by atoms with Crippen LogP contribution in [0.1, 0.15) is 10.4 Å². The van der Waals surface area contributed by atoms with Crippen molar-refractivity contribution in [2.24, 2.45) is 0 Å². The van der Waals surface area contributed by atoms with Crippen molar-refractivity contribution in [3.05, 3.63) is 28.2 Å². The number of benzene rings is 1. The van der Waals surface area contributed by atoms with E-state index in [4.69, 9.17) is 9.84 Å². The second kappa shape index (κ2) is 4.13. The lowest BCUT2D eigenvalue weighted by molar-refractivity contribution is 0.0697. The van der Waals surface area contributed by atoms with Crippen LogP contribution in [-0.2, 0) is 4.74 Å². The average molecular weight is 286 g/mol. The number of cyclic esters (lactones) is 1. The number of carboxylic acid groups (broad SMARTS) is 1. The second-order valence-electron chi connectivity index (χ2n) is 3.24. The molecule has 16 heavy (non-hydrogen) atoms. The maximum Gasteiger partial charge on any atom is 0.414 e. The lowest BCUT2D eigenvalue weighted by Gasteiger charge is -2.14. The zero-order chi connectivity index (χ0) is 11.7. The van der Waals surface area contributed by atoms with Gasteiger partial charge in [-0.15, -0.1) is 0 Å². The van der Waals surface area contributed by atoms with Gasteiger partial charge in [-0.1, -0.05) is 0 Å². The second-order valence-corrected chi connectivity index (χ2v) is 4.09. The third kappa shape index (κ3) is 1.88. The molecule has 0 bridgehead atoms. The molecule has 0 aromatic heterocycles. The lowest BCUT2D eigenvalue weighted by atomic mass is 10.2. The number of amides is 1. The molecule has 5 nitrogen and oxygen atoms in total. The van der Waals surface area contributed by atoms with E-state index in [1.54, 1.807) is 6.07 Å². The smallest absolute Gasteiger partial charge is 0.414 e. The summed E-state index contributed by atoms with van der Waals surface area (Å²) >= 11 is 3.24. The van der Waals surface area contributed by atoms with E-state index in [1.807, 2.05) is 0 Å². The van der Waals surface area contributed by atoms with Gasteiger partial charge in [-0.2, -0.15) is 0 Å². The molecule has 6 heteroatoms. The Morgan fingerprint density at radius 3 is 2.75 bits per heavy atom. The number of rotatable bonds is 2. The third-order valence-corrected chi connectivity index (χ3v) is 2.88. The van der Waals surface area contributed by atoms with Gasteiger partial charge < -0.3 is 9.84 Å². The van der Waals surface area contributed by atoms with Gasteiger partial charge in [0.25, 0.3) is 0 Å². The van der Waals surface area contributed by atoms with Crippen molar-refractivity contribution in [1.82, 2.24) is 0 Å². The van der Waals surface area contributed by atoms with Crippen LogP contribution >= 0.6 is 15.9 Å². The number of halogens is 1. The summed E-state index contributed by atoms with van der Waals surface area (Å²) in [5.74, 6) is -1.00. The molecule has 1 heterocycles. The standard InChI is InChI=1S/C10H8BrNO4/c11-7-5-6(9(13)14)1-2-8(7)12-3-4-16-10(12)15/h1-2,5H,3-4H2,(H,13,14). The van der Waals surface area contributed by atoms with E-state index in [0.29, 0.717) is 23.3 Å². The van der Waals surface area contributed by atoms with Crippen molar-refractivity contribution in [2.75, 3.05) is 18.1 Å². The predicted molar refractivity (Wildman–Crippen MR) is 59.8 cm³/mol. The highest BCUT2D eigenvalue weighted by Crippen LogP contribution is 2.29. The minimum Gasteiger partial charge on any atom is -0.478 e. The van der Waals surface area contributed by atoms with E-state index in [1.165, 1.54) is 17.0 Å². The molecular formula is C10H8BrNO4. The van der Waals surface area contributed by atoms with Crippen LogP contribution in [0.3, 0.4) is 0 Å². The van der Waals surface area contributed by atoms with Crippen LogP contribution in [0.15, 0.2) is 22.7 Å². The van der Waals surface area contributed by atoms with Crippen LogP contribution in [0, 0.1) is 0 Å². The topological polar surface area (TPSA) is 66.8 Å². The molecule has 1 aliphatic heterocycles. The summed E-state index contributed by atoms with van der Waals surface area (Å²) in [6, 6.07) is 4.50. The first-order valence-electron chi connectivity index (χ1n) is 4.57. The molecule has 1 aliphatic rings. The molecule has 1 saturated heterocycles. The molecule has 0 unspecified atom stereocenters. The van der Waals surface area contributed by atoms with Gasteiger partial charge in [0.15, 0.2) is 0 Å². The molecule has 1 amide bonds. The number of carboxylic acids is 1. The van der Waals surface area contributed by atoms with Crippen molar-refractivity contribution < 1.29 is 19.4 Å². The molecule has 84 valence electrons. The Morgan fingerprint density at radius 2 is 2.25 bits per heavy atom. The zero-order valence-electron chi connectivity index (χ0n) is 8.14. The summed E-state index contributed by atoms with van der Waals surface area (Å²) in [5.41, 5.74) is 0.788. The van der Waals surface area contributed by atoms with E-state index >= 15 is 0 Å². The molecule has 1 N–H and O–H groups in total. The number of carbonyl (C=O) groups excluding carboxylic acids is 1.